The van der Waals surface area contributed by atoms with Gasteiger partial charge in [-0.2, -0.15) is 5.10 Å². The van der Waals surface area contributed by atoms with Crippen molar-refractivity contribution < 1.29 is 9.21 Å². The molecule has 5 nitrogen and oxygen atoms in total. The van der Waals surface area contributed by atoms with Crippen LogP contribution in [0.15, 0.2) is 118 Å². The number of rotatable bonds is 6. The van der Waals surface area contributed by atoms with Crippen LogP contribution in [0.4, 0.5) is 5.69 Å². The van der Waals surface area contributed by atoms with E-state index in [1.54, 1.807) is 11.1 Å². The highest BCUT2D eigenvalue weighted by Crippen LogP contribution is 2.34. The Morgan fingerprint density at radius 1 is 0.848 bits per heavy atom. The standard InChI is InChI=1S/C27H21N3O2S/c31-26-25(18-20-10-4-1-5-11-20)33-27(30(26)22-14-8-3-9-15-22)29-28-19-23-16-17-24(32-23)21-12-6-2-7-13-21/h1-17,19,25H,18H2/b28-19+,29-27+. The molecule has 0 N–H and O–H groups in total. The average Bonchev–Trinajstić information content (AvgIpc) is 3.46. The first-order chi connectivity index (χ1) is 16.3. The van der Waals surface area contributed by atoms with Crippen LogP contribution in [0.25, 0.3) is 11.3 Å². The van der Waals surface area contributed by atoms with Crippen LogP contribution in [-0.4, -0.2) is 22.5 Å². The minimum atomic E-state index is -0.255. The molecule has 2 heterocycles. The van der Waals surface area contributed by atoms with E-state index in [0.29, 0.717) is 17.3 Å². The molecule has 0 bridgehead atoms. The number of nitrogens with zero attached hydrogens (tertiary/aromatic N) is 3. The molecular formula is C27H21N3O2S. The third kappa shape index (κ3) is 4.81. The van der Waals surface area contributed by atoms with Crippen LogP contribution in [0.1, 0.15) is 11.3 Å². The lowest BCUT2D eigenvalue weighted by molar-refractivity contribution is -0.116. The summed E-state index contributed by atoms with van der Waals surface area (Å²) in [6.07, 6.45) is 2.20. The SMILES string of the molecule is O=C1C(Cc2ccccc2)S/C(=N/N=C/c2ccc(-c3ccccc3)o2)N1c1ccccc1. The highest BCUT2D eigenvalue weighted by atomic mass is 32.2. The number of carbonyl (C=O) groups is 1. The summed E-state index contributed by atoms with van der Waals surface area (Å²) in [6, 6.07) is 33.2. The molecule has 1 amide bonds. The molecule has 1 unspecified atom stereocenters. The molecule has 3 aromatic carbocycles. The third-order valence-electron chi connectivity index (χ3n) is 5.23. The predicted molar refractivity (Wildman–Crippen MR) is 135 cm³/mol. The van der Waals surface area contributed by atoms with Crippen molar-refractivity contribution in [3.05, 3.63) is 114 Å². The number of amidine groups is 1. The van der Waals surface area contributed by atoms with Gasteiger partial charge in [0.2, 0.25) is 5.91 Å². The minimum absolute atomic E-state index is 0.00775. The number of para-hydroxylation sites is 1. The summed E-state index contributed by atoms with van der Waals surface area (Å²) in [6.45, 7) is 0. The Morgan fingerprint density at radius 2 is 1.52 bits per heavy atom. The maximum atomic E-state index is 13.3. The zero-order valence-corrected chi connectivity index (χ0v) is 18.6. The van der Waals surface area contributed by atoms with Gasteiger partial charge in [0, 0.05) is 5.56 Å². The number of thioether (sulfide) groups is 1. The quantitative estimate of drug-likeness (QED) is 0.266. The van der Waals surface area contributed by atoms with Gasteiger partial charge in [0.15, 0.2) is 5.17 Å². The van der Waals surface area contributed by atoms with Crippen molar-refractivity contribution >= 4 is 34.7 Å². The summed E-state index contributed by atoms with van der Waals surface area (Å²) in [5.74, 6) is 1.37. The lowest BCUT2D eigenvalue weighted by Crippen LogP contribution is -2.32. The zero-order chi connectivity index (χ0) is 22.5. The summed E-state index contributed by atoms with van der Waals surface area (Å²) in [5, 5.41) is 8.93. The van der Waals surface area contributed by atoms with Crippen LogP contribution in [-0.2, 0) is 11.2 Å². The van der Waals surface area contributed by atoms with E-state index in [2.05, 4.69) is 10.2 Å². The average molecular weight is 452 g/mol. The van der Waals surface area contributed by atoms with Gasteiger partial charge in [-0.1, -0.05) is 90.6 Å². The lowest BCUT2D eigenvalue weighted by atomic mass is 10.1. The van der Waals surface area contributed by atoms with E-state index in [1.807, 2.05) is 103 Å². The van der Waals surface area contributed by atoms with Gasteiger partial charge in [-0.3, -0.25) is 9.69 Å². The third-order valence-corrected chi connectivity index (χ3v) is 6.35. The van der Waals surface area contributed by atoms with E-state index in [0.717, 1.165) is 22.6 Å². The summed E-state index contributed by atoms with van der Waals surface area (Å²) in [5.41, 5.74) is 2.90. The smallest absolute Gasteiger partial charge is 0.247 e. The summed E-state index contributed by atoms with van der Waals surface area (Å²) < 4.78 is 5.86. The minimum Gasteiger partial charge on any atom is -0.455 e. The second kappa shape index (κ2) is 9.71. The second-order valence-corrected chi connectivity index (χ2v) is 8.67. The van der Waals surface area contributed by atoms with Crippen molar-refractivity contribution in [3.8, 4) is 11.3 Å². The zero-order valence-electron chi connectivity index (χ0n) is 17.7. The Bertz CT molecular complexity index is 1280. The van der Waals surface area contributed by atoms with Gasteiger partial charge < -0.3 is 4.42 Å². The molecule has 1 atom stereocenters. The maximum absolute atomic E-state index is 13.3. The Labute approximate surface area is 196 Å². The predicted octanol–water partition coefficient (Wildman–Crippen LogP) is 6.03. The molecule has 162 valence electrons. The first-order valence-corrected chi connectivity index (χ1v) is 11.5. The van der Waals surface area contributed by atoms with Gasteiger partial charge in [0.05, 0.1) is 17.2 Å². The largest absolute Gasteiger partial charge is 0.455 e. The maximum Gasteiger partial charge on any atom is 0.247 e. The molecule has 0 saturated carbocycles. The van der Waals surface area contributed by atoms with Crippen molar-refractivity contribution in [2.24, 2.45) is 10.2 Å². The summed E-state index contributed by atoms with van der Waals surface area (Å²) >= 11 is 1.44. The summed E-state index contributed by atoms with van der Waals surface area (Å²) in [7, 11) is 0. The second-order valence-electron chi connectivity index (χ2n) is 7.50. The number of hydrogen-bond donors (Lipinski definition) is 0. The number of anilines is 1. The van der Waals surface area contributed by atoms with Crippen molar-refractivity contribution in [2.75, 3.05) is 4.90 Å². The van der Waals surface area contributed by atoms with E-state index >= 15 is 0 Å². The molecule has 1 saturated heterocycles. The van der Waals surface area contributed by atoms with Crippen molar-refractivity contribution in [3.63, 3.8) is 0 Å². The van der Waals surface area contributed by atoms with Crippen molar-refractivity contribution in [2.45, 2.75) is 11.7 Å². The topological polar surface area (TPSA) is 58.2 Å². The molecule has 1 aliphatic heterocycles. The first-order valence-electron chi connectivity index (χ1n) is 10.6. The van der Waals surface area contributed by atoms with Gasteiger partial charge in [-0.25, -0.2) is 0 Å². The number of benzene rings is 3. The first kappa shape index (κ1) is 21.0. The summed E-state index contributed by atoms with van der Waals surface area (Å²) in [4.78, 5) is 14.9. The molecule has 0 spiro atoms. The lowest BCUT2D eigenvalue weighted by Gasteiger charge is -2.15. The van der Waals surface area contributed by atoms with Gasteiger partial charge >= 0.3 is 0 Å². The molecule has 5 rings (SSSR count). The van der Waals surface area contributed by atoms with Crippen molar-refractivity contribution in [1.29, 1.82) is 0 Å². The fourth-order valence-electron chi connectivity index (χ4n) is 3.62. The van der Waals surface area contributed by atoms with E-state index < -0.39 is 0 Å². The Kier molecular flexibility index (Phi) is 6.17. The molecule has 1 aliphatic rings. The van der Waals surface area contributed by atoms with Crippen molar-refractivity contribution in [1.82, 2.24) is 0 Å². The van der Waals surface area contributed by atoms with E-state index in [4.69, 9.17) is 4.42 Å². The Morgan fingerprint density at radius 3 is 2.24 bits per heavy atom. The van der Waals surface area contributed by atoms with Crippen LogP contribution in [0, 0.1) is 0 Å². The van der Waals surface area contributed by atoms with Gasteiger partial charge in [0.25, 0.3) is 0 Å². The molecule has 0 aliphatic carbocycles. The van der Waals surface area contributed by atoms with E-state index in [9.17, 15) is 4.79 Å². The monoisotopic (exact) mass is 451 g/mol. The van der Waals surface area contributed by atoms with Gasteiger partial charge in [-0.15, -0.1) is 5.10 Å². The fraction of sp³-hybridized carbons (Fsp3) is 0.0741. The molecule has 1 fully saturated rings. The highest BCUT2D eigenvalue weighted by Gasteiger charge is 2.39. The van der Waals surface area contributed by atoms with Crippen LogP contribution in [0.2, 0.25) is 0 Å². The van der Waals surface area contributed by atoms with Crippen LogP contribution < -0.4 is 4.90 Å². The molecule has 0 radical (unpaired) electrons. The van der Waals surface area contributed by atoms with Gasteiger partial charge in [0.1, 0.15) is 11.5 Å². The number of furan rings is 1. The fourth-order valence-corrected chi connectivity index (χ4v) is 4.76. The molecule has 6 heteroatoms. The van der Waals surface area contributed by atoms with Crippen LogP contribution in [0.5, 0.6) is 0 Å². The van der Waals surface area contributed by atoms with Crippen LogP contribution >= 0.6 is 11.8 Å². The molecule has 33 heavy (non-hydrogen) atoms. The number of carbonyl (C=O) groups excluding carboxylic acids is 1. The molecule has 4 aromatic rings. The molecule has 1 aromatic heterocycles. The van der Waals surface area contributed by atoms with E-state index in [-0.39, 0.29) is 11.2 Å². The van der Waals surface area contributed by atoms with E-state index in [1.165, 1.54) is 11.8 Å². The Balaban J connectivity index is 1.38. The Hall–Kier alpha value is -3.90. The van der Waals surface area contributed by atoms with Gasteiger partial charge in [-0.05, 0) is 36.2 Å². The molecular weight excluding hydrogens is 430 g/mol. The highest BCUT2D eigenvalue weighted by molar-refractivity contribution is 8.16. The van der Waals surface area contributed by atoms with Crippen LogP contribution in [0.3, 0.4) is 0 Å². The normalized spacial score (nSPS) is 17.3. The number of amides is 1. The number of hydrogen-bond acceptors (Lipinski definition) is 5.